The number of hydrogen-bond acceptors (Lipinski definition) is 12. The lowest BCUT2D eigenvalue weighted by atomic mass is 9.90. The van der Waals surface area contributed by atoms with Crippen molar-refractivity contribution in [2.45, 2.75) is 39.2 Å². The lowest BCUT2D eigenvalue weighted by Gasteiger charge is -2.34. The molecule has 0 saturated carbocycles. The monoisotopic (exact) mass is 600 g/mol. The summed E-state index contributed by atoms with van der Waals surface area (Å²) in [7, 11) is 0. The molecule has 15 nitrogen and oxygen atoms in total. The number of primary amides is 1. The molecule has 0 aliphatic heterocycles. The summed E-state index contributed by atoms with van der Waals surface area (Å²) in [4.78, 5) is 23.5. The van der Waals surface area contributed by atoms with Gasteiger partial charge < -0.3 is 67.0 Å². The average Bonchev–Trinajstić information content (AvgIpc) is 2.99. The van der Waals surface area contributed by atoms with Gasteiger partial charge in [-0.25, -0.2) is 4.79 Å². The summed E-state index contributed by atoms with van der Waals surface area (Å²) < 4.78 is 17.3. The SMILES string of the molecule is CC.NC(=O)C(N)CCCCNC(=O)NCC(COCC(CO)CO)(COCC(CO)CO)COCC(CO)CO. The first-order valence-electron chi connectivity index (χ1n) is 14.2. The van der Waals surface area contributed by atoms with Gasteiger partial charge in [0.2, 0.25) is 5.91 Å². The Morgan fingerprint density at radius 3 is 1.44 bits per heavy atom. The molecule has 12 N–H and O–H groups in total. The Morgan fingerprint density at radius 1 is 0.707 bits per heavy atom. The van der Waals surface area contributed by atoms with E-state index >= 15 is 0 Å². The highest BCUT2D eigenvalue weighted by molar-refractivity contribution is 5.79. The molecule has 0 heterocycles. The fourth-order valence-corrected chi connectivity index (χ4v) is 3.26. The summed E-state index contributed by atoms with van der Waals surface area (Å²) in [5.41, 5.74) is 9.74. The molecule has 0 spiro atoms. The van der Waals surface area contributed by atoms with Crippen LogP contribution in [0, 0.1) is 23.2 Å². The van der Waals surface area contributed by atoms with E-state index in [0.29, 0.717) is 25.8 Å². The van der Waals surface area contributed by atoms with Crippen LogP contribution in [0.3, 0.4) is 0 Å². The van der Waals surface area contributed by atoms with E-state index in [-0.39, 0.29) is 85.8 Å². The first-order valence-corrected chi connectivity index (χ1v) is 14.2. The molecular formula is C26H56N4O11. The predicted octanol–water partition coefficient (Wildman–Crippen LogP) is -2.87. The number of amides is 3. The summed E-state index contributed by atoms with van der Waals surface area (Å²) in [6.07, 6.45) is 1.57. The van der Waals surface area contributed by atoms with Gasteiger partial charge in [0, 0.05) is 30.8 Å². The van der Waals surface area contributed by atoms with Crippen LogP contribution in [-0.2, 0) is 19.0 Å². The zero-order valence-electron chi connectivity index (χ0n) is 24.7. The van der Waals surface area contributed by atoms with Gasteiger partial charge in [-0.05, 0) is 19.3 Å². The van der Waals surface area contributed by atoms with Crippen LogP contribution in [-0.4, -0.2) is 141 Å². The normalized spacial score (nSPS) is 12.4. The summed E-state index contributed by atoms with van der Waals surface area (Å²) >= 11 is 0. The minimum Gasteiger partial charge on any atom is -0.396 e. The first kappa shape index (κ1) is 41.5. The van der Waals surface area contributed by atoms with E-state index in [4.69, 9.17) is 25.7 Å². The van der Waals surface area contributed by atoms with E-state index in [2.05, 4.69) is 10.6 Å². The molecule has 0 rings (SSSR count). The summed E-state index contributed by atoms with van der Waals surface area (Å²) in [5, 5.41) is 61.5. The van der Waals surface area contributed by atoms with Crippen LogP contribution in [0.2, 0.25) is 0 Å². The van der Waals surface area contributed by atoms with Crippen molar-refractivity contribution >= 4 is 11.9 Å². The van der Waals surface area contributed by atoms with Crippen LogP contribution in [0.1, 0.15) is 33.1 Å². The summed E-state index contributed by atoms with van der Waals surface area (Å²) in [6, 6.07) is -1.21. The van der Waals surface area contributed by atoms with Crippen molar-refractivity contribution in [1.82, 2.24) is 10.6 Å². The number of carbonyl (C=O) groups excluding carboxylic acids is 2. The highest BCUT2D eigenvalue weighted by atomic mass is 16.5. The number of nitrogens with one attached hydrogen (secondary N) is 2. The van der Waals surface area contributed by atoms with Crippen LogP contribution in [0.5, 0.6) is 0 Å². The molecule has 0 bridgehead atoms. The van der Waals surface area contributed by atoms with Crippen molar-refractivity contribution in [2.24, 2.45) is 34.6 Å². The van der Waals surface area contributed by atoms with Gasteiger partial charge in [0.15, 0.2) is 0 Å². The third-order valence-electron chi connectivity index (χ3n) is 6.05. The number of urea groups is 1. The second-order valence-corrected chi connectivity index (χ2v) is 9.85. The fraction of sp³-hybridized carbons (Fsp3) is 0.923. The molecule has 3 amide bonds. The number of hydrogen-bond donors (Lipinski definition) is 10. The van der Waals surface area contributed by atoms with E-state index in [0.717, 1.165) is 0 Å². The third-order valence-corrected chi connectivity index (χ3v) is 6.05. The highest BCUT2D eigenvalue weighted by Gasteiger charge is 2.33. The molecule has 0 saturated heterocycles. The van der Waals surface area contributed by atoms with Gasteiger partial charge in [0.05, 0.1) is 90.7 Å². The molecule has 41 heavy (non-hydrogen) atoms. The van der Waals surface area contributed by atoms with Gasteiger partial charge in [-0.1, -0.05) is 13.8 Å². The minimum absolute atomic E-state index is 0.0133. The maximum atomic E-state index is 12.5. The van der Waals surface area contributed by atoms with Crippen molar-refractivity contribution in [2.75, 3.05) is 92.4 Å². The van der Waals surface area contributed by atoms with Crippen LogP contribution in [0.15, 0.2) is 0 Å². The minimum atomic E-state index is -0.980. The van der Waals surface area contributed by atoms with E-state index in [1.54, 1.807) is 0 Å². The van der Waals surface area contributed by atoms with Crippen molar-refractivity contribution in [3.63, 3.8) is 0 Å². The summed E-state index contributed by atoms with van der Waals surface area (Å²) in [6.45, 7) is 2.66. The lowest BCUT2D eigenvalue weighted by molar-refractivity contribution is -0.119. The molecule has 0 aromatic heterocycles. The molecule has 1 unspecified atom stereocenters. The Hall–Kier alpha value is -1.66. The molecule has 0 aliphatic rings. The van der Waals surface area contributed by atoms with E-state index < -0.39 is 41.1 Å². The van der Waals surface area contributed by atoms with Gasteiger partial charge in [-0.2, -0.15) is 0 Å². The average molecular weight is 601 g/mol. The number of ether oxygens (including phenoxy) is 3. The summed E-state index contributed by atoms with van der Waals surface area (Å²) in [5.74, 6) is -2.11. The maximum Gasteiger partial charge on any atom is 0.314 e. The van der Waals surface area contributed by atoms with Gasteiger partial charge in [0.25, 0.3) is 0 Å². The number of rotatable bonds is 26. The van der Waals surface area contributed by atoms with Crippen LogP contribution >= 0.6 is 0 Å². The van der Waals surface area contributed by atoms with Gasteiger partial charge in [-0.3, -0.25) is 4.79 Å². The Bertz CT molecular complexity index is 577. The number of unbranched alkanes of at least 4 members (excludes halogenated alkanes) is 1. The number of aliphatic hydroxyl groups is 6. The number of aliphatic hydroxyl groups excluding tert-OH is 6. The standard InChI is InChI=1S/C24H50N4O11.C2H6/c25-21(22(26)35)3-1-2-4-27-23(36)28-14-24(15-37-11-18(5-29)6-30,16-38-12-19(7-31)8-32)17-39-13-20(9-33)10-34;1-2/h18-21,29-34H,1-17,25H2,(H2,26,35)(H2,27,28,36);1-2H3. The second-order valence-electron chi connectivity index (χ2n) is 9.85. The Labute approximate surface area is 243 Å². The third kappa shape index (κ3) is 20.8. The Morgan fingerprint density at radius 2 is 1.10 bits per heavy atom. The van der Waals surface area contributed by atoms with Crippen molar-refractivity contribution in [3.05, 3.63) is 0 Å². The molecule has 15 heteroatoms. The van der Waals surface area contributed by atoms with Crippen LogP contribution < -0.4 is 22.1 Å². The van der Waals surface area contributed by atoms with Crippen LogP contribution in [0.25, 0.3) is 0 Å². The predicted molar refractivity (Wildman–Crippen MR) is 152 cm³/mol. The quantitative estimate of drug-likeness (QED) is 0.0450. The van der Waals surface area contributed by atoms with E-state index in [1.807, 2.05) is 13.8 Å². The molecule has 0 aliphatic carbocycles. The molecule has 0 fully saturated rings. The van der Waals surface area contributed by atoms with Crippen molar-refractivity contribution < 1.29 is 54.4 Å². The highest BCUT2D eigenvalue weighted by Crippen LogP contribution is 2.21. The topological polar surface area (TPSA) is 259 Å². The lowest BCUT2D eigenvalue weighted by Crippen LogP contribution is -2.50. The van der Waals surface area contributed by atoms with E-state index in [1.165, 1.54) is 0 Å². The second kappa shape index (κ2) is 27.2. The molecular weight excluding hydrogens is 544 g/mol. The fourth-order valence-electron chi connectivity index (χ4n) is 3.26. The van der Waals surface area contributed by atoms with Gasteiger partial charge in [0.1, 0.15) is 0 Å². The first-order chi connectivity index (χ1) is 19.7. The Balaban J connectivity index is 0. The molecule has 246 valence electrons. The zero-order chi connectivity index (χ0) is 31.5. The molecule has 1 atom stereocenters. The Kier molecular flexibility index (Phi) is 27.5. The largest absolute Gasteiger partial charge is 0.396 e. The maximum absolute atomic E-state index is 12.5. The molecule has 0 radical (unpaired) electrons. The molecule has 0 aromatic carbocycles. The van der Waals surface area contributed by atoms with Crippen LogP contribution in [0.4, 0.5) is 4.79 Å². The van der Waals surface area contributed by atoms with Gasteiger partial charge >= 0.3 is 6.03 Å². The van der Waals surface area contributed by atoms with Crippen molar-refractivity contribution in [1.29, 1.82) is 0 Å². The smallest absolute Gasteiger partial charge is 0.314 e. The van der Waals surface area contributed by atoms with E-state index in [9.17, 15) is 40.2 Å². The van der Waals surface area contributed by atoms with Gasteiger partial charge in [-0.15, -0.1) is 0 Å². The van der Waals surface area contributed by atoms with Crippen molar-refractivity contribution in [3.8, 4) is 0 Å². The number of nitrogens with two attached hydrogens (primary N) is 2. The zero-order valence-corrected chi connectivity index (χ0v) is 24.7. The molecule has 0 aromatic rings. The number of carbonyl (C=O) groups is 2.